The minimum atomic E-state index is -0.629. The Morgan fingerprint density at radius 1 is 1.10 bits per heavy atom. The van der Waals surface area contributed by atoms with Gasteiger partial charge in [-0.05, 0) is 69.1 Å². The van der Waals surface area contributed by atoms with E-state index in [2.05, 4.69) is 15.6 Å². The zero-order valence-corrected chi connectivity index (χ0v) is 24.4. The van der Waals surface area contributed by atoms with Gasteiger partial charge in [-0.25, -0.2) is 9.36 Å². The summed E-state index contributed by atoms with van der Waals surface area (Å²) in [5.41, 5.74) is 0.542. The normalized spacial score (nSPS) is 15.3. The standard InChI is InChI=1S/C28H38N6O8/c1-28(2,3)42-27(38)30-15-7-5-6-14-29-23(35)18-41-21-10-8-19(9-11-21)22-12-13-24(36)33(25(22)37)17-20-16-31-26(32(20)4)34(39)40/h8-11,16,22H,5-7,12-15,17-18H2,1-4H3,(H,29,35)(H,30,38). The van der Waals surface area contributed by atoms with E-state index in [0.29, 0.717) is 36.5 Å². The van der Waals surface area contributed by atoms with Gasteiger partial charge >= 0.3 is 12.0 Å². The van der Waals surface area contributed by atoms with Gasteiger partial charge in [0.2, 0.25) is 11.8 Å². The topological polar surface area (TPSA) is 175 Å². The predicted octanol–water partition coefficient (Wildman–Crippen LogP) is 2.95. The summed E-state index contributed by atoms with van der Waals surface area (Å²) >= 11 is 0. The number of alkyl carbamates (subject to hydrolysis) is 1. The average molecular weight is 587 g/mol. The Morgan fingerprint density at radius 3 is 2.38 bits per heavy atom. The summed E-state index contributed by atoms with van der Waals surface area (Å²) in [6, 6.07) is 6.78. The molecule has 1 unspecified atom stereocenters. The molecule has 1 aliphatic heterocycles. The smallest absolute Gasteiger partial charge is 0.434 e. The fourth-order valence-electron chi connectivity index (χ4n) is 4.38. The monoisotopic (exact) mass is 586 g/mol. The van der Waals surface area contributed by atoms with Crippen LogP contribution >= 0.6 is 0 Å². The van der Waals surface area contributed by atoms with Crippen LogP contribution in [0.2, 0.25) is 0 Å². The molecule has 14 heteroatoms. The van der Waals surface area contributed by atoms with Gasteiger partial charge in [-0.15, -0.1) is 0 Å². The highest BCUT2D eigenvalue weighted by Gasteiger charge is 2.36. The number of carbonyl (C=O) groups excluding carboxylic acids is 4. The summed E-state index contributed by atoms with van der Waals surface area (Å²) < 4.78 is 12.0. The molecule has 1 aliphatic rings. The van der Waals surface area contributed by atoms with Crippen molar-refractivity contribution in [2.24, 2.45) is 7.05 Å². The lowest BCUT2D eigenvalue weighted by Crippen LogP contribution is -2.43. The van der Waals surface area contributed by atoms with Crippen LogP contribution < -0.4 is 15.4 Å². The third kappa shape index (κ3) is 9.28. The minimum Gasteiger partial charge on any atom is -0.484 e. The molecule has 2 aromatic rings. The van der Waals surface area contributed by atoms with Crippen LogP contribution in [-0.2, 0) is 32.7 Å². The number of carbonyl (C=O) groups is 4. The first-order valence-electron chi connectivity index (χ1n) is 13.8. The molecule has 2 heterocycles. The van der Waals surface area contributed by atoms with Crippen molar-refractivity contribution in [3.05, 3.63) is 51.8 Å². The zero-order valence-electron chi connectivity index (χ0n) is 24.4. The number of rotatable bonds is 13. The molecular weight excluding hydrogens is 548 g/mol. The Kier molecular flexibility index (Phi) is 11.0. The van der Waals surface area contributed by atoms with E-state index in [0.717, 1.165) is 24.2 Å². The highest BCUT2D eigenvalue weighted by molar-refractivity contribution is 6.01. The Labute approximate surface area is 243 Å². The number of imide groups is 1. The van der Waals surface area contributed by atoms with E-state index in [-0.39, 0.29) is 43.2 Å². The van der Waals surface area contributed by atoms with Crippen LogP contribution in [0.15, 0.2) is 30.5 Å². The number of unbranched alkanes of at least 4 members (excludes halogenated alkanes) is 2. The summed E-state index contributed by atoms with van der Waals surface area (Å²) in [6.45, 7) is 6.12. The molecule has 0 aliphatic carbocycles. The third-order valence-electron chi connectivity index (χ3n) is 6.55. The molecule has 1 saturated heterocycles. The number of nitro groups is 1. The maximum atomic E-state index is 13.2. The lowest BCUT2D eigenvalue weighted by molar-refractivity contribution is -0.396. The molecule has 0 saturated carbocycles. The SMILES string of the molecule is Cn1c(CN2C(=O)CCC(c3ccc(OCC(=O)NCCCCCNC(=O)OC(C)(C)C)cc3)C2=O)cnc1[N+](=O)[O-]. The first kappa shape index (κ1) is 32.0. The number of hydrogen-bond acceptors (Lipinski definition) is 9. The quantitative estimate of drug-likeness (QED) is 0.155. The van der Waals surface area contributed by atoms with Crippen molar-refractivity contribution >= 4 is 29.8 Å². The second-order valence-electron chi connectivity index (χ2n) is 11.0. The Hall–Kier alpha value is -4.49. The van der Waals surface area contributed by atoms with E-state index >= 15 is 0 Å². The molecule has 4 amide bonds. The Bertz CT molecular complexity index is 1280. The number of aromatic nitrogens is 2. The van der Waals surface area contributed by atoms with Gasteiger partial charge in [0.15, 0.2) is 6.61 Å². The van der Waals surface area contributed by atoms with Gasteiger partial charge < -0.3 is 30.2 Å². The highest BCUT2D eigenvalue weighted by atomic mass is 16.6. The number of benzene rings is 1. The summed E-state index contributed by atoms with van der Waals surface area (Å²) in [6.07, 6.45) is 3.69. The second kappa shape index (κ2) is 14.4. The van der Waals surface area contributed by atoms with Crippen LogP contribution in [0, 0.1) is 10.1 Å². The summed E-state index contributed by atoms with van der Waals surface area (Å²) in [7, 11) is 1.46. The molecule has 228 valence electrons. The zero-order chi connectivity index (χ0) is 30.9. The van der Waals surface area contributed by atoms with Gasteiger partial charge in [0.25, 0.3) is 5.91 Å². The summed E-state index contributed by atoms with van der Waals surface area (Å²) in [5.74, 6) is -1.46. The maximum Gasteiger partial charge on any atom is 0.434 e. The van der Waals surface area contributed by atoms with Crippen molar-refractivity contribution in [2.45, 2.75) is 70.9 Å². The van der Waals surface area contributed by atoms with Gasteiger partial charge in [-0.1, -0.05) is 17.1 Å². The number of amides is 4. The molecule has 1 fully saturated rings. The number of ether oxygens (including phenoxy) is 2. The van der Waals surface area contributed by atoms with Crippen LogP contribution in [0.3, 0.4) is 0 Å². The molecule has 3 rings (SSSR count). The predicted molar refractivity (Wildman–Crippen MR) is 150 cm³/mol. The first-order chi connectivity index (χ1) is 19.9. The molecule has 1 aromatic carbocycles. The molecule has 1 aromatic heterocycles. The molecule has 0 radical (unpaired) electrons. The number of imidazole rings is 1. The second-order valence-corrected chi connectivity index (χ2v) is 11.0. The van der Waals surface area contributed by atoms with E-state index in [1.807, 2.05) is 0 Å². The van der Waals surface area contributed by atoms with Crippen LogP contribution in [0.25, 0.3) is 0 Å². The maximum absolute atomic E-state index is 13.2. The molecule has 0 spiro atoms. The van der Waals surface area contributed by atoms with Crippen molar-refractivity contribution < 1.29 is 33.6 Å². The number of piperidine rings is 1. The van der Waals surface area contributed by atoms with Crippen molar-refractivity contribution in [1.29, 1.82) is 0 Å². The van der Waals surface area contributed by atoms with Gasteiger partial charge in [-0.3, -0.25) is 19.3 Å². The molecule has 0 bridgehead atoms. The van der Waals surface area contributed by atoms with Crippen LogP contribution in [-0.4, -0.2) is 68.5 Å². The number of hydrogen-bond donors (Lipinski definition) is 2. The number of nitrogens with zero attached hydrogens (tertiary/aromatic N) is 4. The van der Waals surface area contributed by atoms with Gasteiger partial charge in [0.1, 0.15) is 23.2 Å². The minimum absolute atomic E-state index is 0.106. The fourth-order valence-corrected chi connectivity index (χ4v) is 4.38. The van der Waals surface area contributed by atoms with E-state index < -0.39 is 22.5 Å². The number of likely N-dealkylation sites (tertiary alicyclic amines) is 1. The summed E-state index contributed by atoms with van der Waals surface area (Å²) in [5, 5.41) is 16.6. The molecule has 42 heavy (non-hydrogen) atoms. The van der Waals surface area contributed by atoms with Crippen molar-refractivity contribution in [2.75, 3.05) is 19.7 Å². The van der Waals surface area contributed by atoms with Crippen molar-refractivity contribution in [3.8, 4) is 5.75 Å². The lowest BCUT2D eigenvalue weighted by Gasteiger charge is -2.30. The largest absolute Gasteiger partial charge is 0.484 e. The van der Waals surface area contributed by atoms with E-state index in [1.54, 1.807) is 45.0 Å². The fraction of sp³-hybridized carbons (Fsp3) is 0.536. The van der Waals surface area contributed by atoms with Crippen LogP contribution in [0.5, 0.6) is 5.75 Å². The average Bonchev–Trinajstić information content (AvgIpc) is 3.28. The number of nitrogens with one attached hydrogen (secondary N) is 2. The molecule has 1 atom stereocenters. The van der Waals surface area contributed by atoms with Crippen LogP contribution in [0.1, 0.15) is 70.1 Å². The molecule has 2 N–H and O–H groups in total. The first-order valence-corrected chi connectivity index (χ1v) is 13.8. The Balaban J connectivity index is 1.40. The summed E-state index contributed by atoms with van der Waals surface area (Å²) in [4.78, 5) is 64.7. The van der Waals surface area contributed by atoms with E-state index in [4.69, 9.17) is 9.47 Å². The molecule has 14 nitrogen and oxygen atoms in total. The van der Waals surface area contributed by atoms with Gasteiger partial charge in [0.05, 0.1) is 19.5 Å². The van der Waals surface area contributed by atoms with Gasteiger partial charge in [0, 0.05) is 19.5 Å². The highest BCUT2D eigenvalue weighted by Crippen LogP contribution is 2.31. The van der Waals surface area contributed by atoms with Gasteiger partial charge in [-0.2, -0.15) is 0 Å². The van der Waals surface area contributed by atoms with E-state index in [9.17, 15) is 29.3 Å². The lowest BCUT2D eigenvalue weighted by atomic mass is 9.89. The van der Waals surface area contributed by atoms with Crippen molar-refractivity contribution in [3.63, 3.8) is 0 Å². The third-order valence-corrected chi connectivity index (χ3v) is 6.55. The molecular formula is C28H38N6O8. The van der Waals surface area contributed by atoms with E-state index in [1.165, 1.54) is 17.8 Å². The van der Waals surface area contributed by atoms with Crippen molar-refractivity contribution in [1.82, 2.24) is 25.1 Å². The van der Waals surface area contributed by atoms with Crippen LogP contribution in [0.4, 0.5) is 10.7 Å². The Morgan fingerprint density at radius 2 is 1.76 bits per heavy atom.